The van der Waals surface area contributed by atoms with Gasteiger partial charge in [-0.1, -0.05) is 13.3 Å². The lowest BCUT2D eigenvalue weighted by molar-refractivity contribution is -0.121. The van der Waals surface area contributed by atoms with Crippen LogP contribution in [-0.2, 0) is 4.79 Å². The van der Waals surface area contributed by atoms with E-state index in [4.69, 9.17) is 5.73 Å². The van der Waals surface area contributed by atoms with Crippen LogP contribution in [-0.4, -0.2) is 31.0 Å². The first-order valence-corrected chi connectivity index (χ1v) is 6.95. The molecule has 0 aromatic rings. The number of guanidine groups is 1. The van der Waals surface area contributed by atoms with E-state index in [9.17, 15) is 4.79 Å². The molecule has 19 heavy (non-hydrogen) atoms. The smallest absolute Gasteiger partial charge is 0.221 e. The molecular weight excluding hydrogens is 355 g/mol. The summed E-state index contributed by atoms with van der Waals surface area (Å²) < 4.78 is 0. The zero-order chi connectivity index (χ0) is 13.4. The summed E-state index contributed by atoms with van der Waals surface area (Å²) in [5.41, 5.74) is 5.72. The van der Waals surface area contributed by atoms with E-state index in [0.29, 0.717) is 18.9 Å². The second kappa shape index (κ2) is 10.3. The first kappa shape index (κ1) is 18.5. The Hall–Kier alpha value is -0.530. The summed E-state index contributed by atoms with van der Waals surface area (Å²) >= 11 is 0. The summed E-state index contributed by atoms with van der Waals surface area (Å²) in [4.78, 5) is 15.8. The Morgan fingerprint density at radius 2 is 2.16 bits per heavy atom. The van der Waals surface area contributed by atoms with Gasteiger partial charge in [0.1, 0.15) is 0 Å². The molecule has 1 atom stereocenters. The summed E-state index contributed by atoms with van der Waals surface area (Å²) in [5, 5.41) is 5.89. The third-order valence-corrected chi connectivity index (χ3v) is 3.42. The van der Waals surface area contributed by atoms with E-state index in [2.05, 4.69) is 15.6 Å². The fourth-order valence-electron chi connectivity index (χ4n) is 1.71. The van der Waals surface area contributed by atoms with Gasteiger partial charge in [0.15, 0.2) is 5.96 Å². The Labute approximate surface area is 133 Å². The van der Waals surface area contributed by atoms with Crippen LogP contribution in [0.2, 0.25) is 0 Å². The molecule has 0 radical (unpaired) electrons. The summed E-state index contributed by atoms with van der Waals surface area (Å²) in [5.74, 6) is 1.24. The number of carbonyl (C=O) groups excluding carboxylic acids is 1. The fraction of sp³-hybridized carbons (Fsp3) is 0.846. The van der Waals surface area contributed by atoms with Crippen LogP contribution >= 0.6 is 24.0 Å². The van der Waals surface area contributed by atoms with E-state index in [1.165, 1.54) is 19.3 Å². The minimum atomic E-state index is 0. The Bertz CT molecular complexity index is 292. The number of amides is 1. The molecule has 0 aromatic carbocycles. The largest absolute Gasteiger partial charge is 0.370 e. The fourth-order valence-corrected chi connectivity index (χ4v) is 1.71. The van der Waals surface area contributed by atoms with Crippen molar-refractivity contribution < 1.29 is 4.79 Å². The molecule has 1 amide bonds. The third-order valence-electron chi connectivity index (χ3n) is 3.42. The molecule has 0 saturated heterocycles. The van der Waals surface area contributed by atoms with Gasteiger partial charge >= 0.3 is 0 Å². The first-order chi connectivity index (χ1) is 8.61. The predicted octanol–water partition coefficient (Wildman–Crippen LogP) is 1.61. The number of nitrogens with zero attached hydrogens (tertiary/aromatic N) is 1. The number of halogens is 1. The lowest BCUT2D eigenvalue weighted by Crippen LogP contribution is -2.37. The zero-order valence-electron chi connectivity index (χ0n) is 11.9. The van der Waals surface area contributed by atoms with Crippen LogP contribution in [0, 0.1) is 5.92 Å². The minimum Gasteiger partial charge on any atom is -0.370 e. The van der Waals surface area contributed by atoms with Crippen molar-refractivity contribution in [3.63, 3.8) is 0 Å². The Balaban J connectivity index is 0.00000324. The number of aliphatic imine (C=N–C) groups is 1. The van der Waals surface area contributed by atoms with Gasteiger partial charge in [-0.3, -0.25) is 9.79 Å². The number of nitrogens with one attached hydrogen (secondary N) is 2. The maximum Gasteiger partial charge on any atom is 0.221 e. The number of hydrogen-bond acceptors (Lipinski definition) is 2. The van der Waals surface area contributed by atoms with Crippen molar-refractivity contribution in [2.45, 2.75) is 52.0 Å². The van der Waals surface area contributed by atoms with Crippen LogP contribution < -0.4 is 16.4 Å². The van der Waals surface area contributed by atoms with Gasteiger partial charge in [0.05, 0.1) is 0 Å². The SMILES string of the molecule is CCC(C)NC(=O)CCNC(N)=NCC1CCC1.I. The van der Waals surface area contributed by atoms with Crippen LogP contribution in [0.5, 0.6) is 0 Å². The highest BCUT2D eigenvalue weighted by molar-refractivity contribution is 14.0. The van der Waals surface area contributed by atoms with Crippen LogP contribution in [0.15, 0.2) is 4.99 Å². The van der Waals surface area contributed by atoms with Gasteiger partial charge in [-0.25, -0.2) is 0 Å². The summed E-state index contributed by atoms with van der Waals surface area (Å²) in [6.07, 6.45) is 5.25. The standard InChI is InChI=1S/C13H26N4O.HI/c1-3-10(2)17-12(18)7-8-15-13(14)16-9-11-5-4-6-11;/h10-11H,3-9H2,1-2H3,(H,17,18)(H3,14,15,16);1H. The molecule has 6 heteroatoms. The lowest BCUT2D eigenvalue weighted by atomic mass is 9.86. The van der Waals surface area contributed by atoms with Gasteiger partial charge < -0.3 is 16.4 Å². The number of nitrogens with two attached hydrogens (primary N) is 1. The molecule has 1 saturated carbocycles. The van der Waals surface area contributed by atoms with Crippen molar-refractivity contribution in [2.75, 3.05) is 13.1 Å². The van der Waals surface area contributed by atoms with Crippen molar-refractivity contribution in [3.05, 3.63) is 0 Å². The molecule has 0 aliphatic heterocycles. The third kappa shape index (κ3) is 8.28. The number of carbonyl (C=O) groups is 1. The van der Waals surface area contributed by atoms with Crippen LogP contribution in [0.3, 0.4) is 0 Å². The topological polar surface area (TPSA) is 79.5 Å². The highest BCUT2D eigenvalue weighted by Crippen LogP contribution is 2.26. The van der Waals surface area contributed by atoms with E-state index in [1.807, 2.05) is 13.8 Å². The van der Waals surface area contributed by atoms with E-state index >= 15 is 0 Å². The Kier molecular flexibility index (Phi) is 9.99. The normalized spacial score (nSPS) is 17.1. The maximum atomic E-state index is 11.5. The van der Waals surface area contributed by atoms with Crippen LogP contribution in [0.1, 0.15) is 46.0 Å². The molecule has 1 aliphatic rings. The number of hydrogen-bond donors (Lipinski definition) is 3. The quantitative estimate of drug-likeness (QED) is 0.356. The van der Waals surface area contributed by atoms with Crippen molar-refractivity contribution in [3.8, 4) is 0 Å². The lowest BCUT2D eigenvalue weighted by Gasteiger charge is -2.23. The molecule has 4 N–H and O–H groups in total. The second-order valence-electron chi connectivity index (χ2n) is 5.08. The molecule has 1 aliphatic carbocycles. The second-order valence-corrected chi connectivity index (χ2v) is 5.08. The zero-order valence-corrected chi connectivity index (χ0v) is 14.3. The summed E-state index contributed by atoms with van der Waals surface area (Å²) in [6, 6.07) is 0.238. The minimum absolute atomic E-state index is 0. The molecule has 0 aromatic heterocycles. The van der Waals surface area contributed by atoms with Gasteiger partial charge in [0, 0.05) is 25.6 Å². The Morgan fingerprint density at radius 1 is 1.47 bits per heavy atom. The van der Waals surface area contributed by atoms with Gasteiger partial charge in [0.25, 0.3) is 0 Å². The molecule has 5 nitrogen and oxygen atoms in total. The average Bonchev–Trinajstić information content (AvgIpc) is 2.26. The number of rotatable bonds is 7. The molecular formula is C13H27IN4O. The molecule has 1 unspecified atom stereocenters. The van der Waals surface area contributed by atoms with Gasteiger partial charge in [-0.2, -0.15) is 0 Å². The predicted molar refractivity (Wildman–Crippen MR) is 89.8 cm³/mol. The van der Waals surface area contributed by atoms with E-state index < -0.39 is 0 Å². The van der Waals surface area contributed by atoms with Gasteiger partial charge in [0.2, 0.25) is 5.91 Å². The summed E-state index contributed by atoms with van der Waals surface area (Å²) in [7, 11) is 0. The van der Waals surface area contributed by atoms with E-state index in [1.54, 1.807) is 0 Å². The molecule has 0 spiro atoms. The Morgan fingerprint density at radius 3 is 2.68 bits per heavy atom. The summed E-state index contributed by atoms with van der Waals surface area (Å²) in [6.45, 7) is 5.41. The highest BCUT2D eigenvalue weighted by Gasteiger charge is 2.16. The van der Waals surface area contributed by atoms with Gasteiger partial charge in [-0.15, -0.1) is 24.0 Å². The van der Waals surface area contributed by atoms with Crippen molar-refractivity contribution in [1.29, 1.82) is 0 Å². The van der Waals surface area contributed by atoms with Crippen LogP contribution in [0.4, 0.5) is 0 Å². The molecule has 112 valence electrons. The van der Waals surface area contributed by atoms with E-state index in [0.717, 1.165) is 18.9 Å². The van der Waals surface area contributed by atoms with Crippen molar-refractivity contribution >= 4 is 35.8 Å². The van der Waals surface area contributed by atoms with E-state index in [-0.39, 0.29) is 35.9 Å². The maximum absolute atomic E-state index is 11.5. The molecule has 1 rings (SSSR count). The van der Waals surface area contributed by atoms with Crippen molar-refractivity contribution in [1.82, 2.24) is 10.6 Å². The molecule has 0 bridgehead atoms. The van der Waals surface area contributed by atoms with Crippen LogP contribution in [0.25, 0.3) is 0 Å². The average molecular weight is 382 g/mol. The van der Waals surface area contributed by atoms with Crippen molar-refractivity contribution in [2.24, 2.45) is 16.6 Å². The van der Waals surface area contributed by atoms with Gasteiger partial charge in [-0.05, 0) is 32.1 Å². The highest BCUT2D eigenvalue weighted by atomic mass is 127. The molecule has 0 heterocycles. The molecule has 1 fully saturated rings. The monoisotopic (exact) mass is 382 g/mol. The first-order valence-electron chi connectivity index (χ1n) is 6.95.